The average molecular weight is 666 g/mol. The first-order chi connectivity index (χ1) is 23.6. The molecule has 4 aromatic carbocycles. The highest BCUT2D eigenvalue weighted by molar-refractivity contribution is 6.37. The van der Waals surface area contributed by atoms with E-state index in [1.807, 2.05) is 60.7 Å². The summed E-state index contributed by atoms with van der Waals surface area (Å²) in [6.45, 7) is 0.987. The molecule has 0 radical (unpaired) electrons. The van der Waals surface area contributed by atoms with Crippen LogP contribution in [0.15, 0.2) is 121 Å². The summed E-state index contributed by atoms with van der Waals surface area (Å²) in [6.07, 6.45) is 0.380. The van der Waals surface area contributed by atoms with Crippen molar-refractivity contribution in [3.05, 3.63) is 155 Å². The molecule has 250 valence electrons. The second-order valence-electron chi connectivity index (χ2n) is 10.7. The molecule has 0 atom stereocenters. The number of rotatable bonds is 15. The highest BCUT2D eigenvalue weighted by Gasteiger charge is 2.20. The molecule has 11 heteroatoms. The summed E-state index contributed by atoms with van der Waals surface area (Å²) in [5, 5.41) is 17.4. The van der Waals surface area contributed by atoms with E-state index in [9.17, 15) is 28.4 Å². The van der Waals surface area contributed by atoms with Gasteiger partial charge in [-0.25, -0.2) is 9.18 Å². The molecule has 0 amide bonds. The first-order valence-electron chi connectivity index (χ1n) is 15.0. The van der Waals surface area contributed by atoms with Gasteiger partial charge in [0.05, 0.1) is 12.1 Å². The maximum absolute atomic E-state index is 12.8. The van der Waals surface area contributed by atoms with Gasteiger partial charge in [0.1, 0.15) is 37.0 Å². The van der Waals surface area contributed by atoms with E-state index in [-0.39, 0.29) is 17.1 Å². The molecule has 5 rings (SSSR count). The second-order valence-corrected chi connectivity index (χ2v) is 10.7. The smallest absolute Gasteiger partial charge is 0.372 e. The average Bonchev–Trinajstić information content (AvgIpc) is 3.56. The van der Waals surface area contributed by atoms with Gasteiger partial charge in [0, 0.05) is 24.4 Å². The summed E-state index contributed by atoms with van der Waals surface area (Å²) in [5.41, 5.74) is 3.24. The van der Waals surface area contributed by atoms with Crippen molar-refractivity contribution in [1.29, 1.82) is 0 Å². The Kier molecular flexibility index (Phi) is 12.7. The number of benzene rings is 4. The molecule has 0 spiro atoms. The van der Waals surface area contributed by atoms with Gasteiger partial charge in [-0.1, -0.05) is 72.8 Å². The van der Waals surface area contributed by atoms with E-state index < -0.39 is 42.1 Å². The van der Waals surface area contributed by atoms with E-state index in [1.165, 1.54) is 18.2 Å². The molecule has 1 aromatic heterocycles. The Labute approximate surface area is 281 Å². The molecule has 5 aromatic rings. The topological polar surface area (TPSA) is 149 Å². The third-order valence-electron chi connectivity index (χ3n) is 6.95. The number of nitrogens with zero attached hydrogens (tertiary/aromatic N) is 1. The van der Waals surface area contributed by atoms with E-state index in [0.29, 0.717) is 31.3 Å². The van der Waals surface area contributed by atoms with Crippen molar-refractivity contribution in [2.45, 2.75) is 32.6 Å². The maximum atomic E-state index is 12.8. The number of carbonyl (C=O) groups is 5. The number of aliphatic carboxylic acids is 2. The summed E-state index contributed by atoms with van der Waals surface area (Å²) < 4.78 is 26.0. The first kappa shape index (κ1) is 35.5. The van der Waals surface area contributed by atoms with E-state index in [2.05, 4.69) is 0 Å². The van der Waals surface area contributed by atoms with Crippen molar-refractivity contribution >= 4 is 29.3 Å². The van der Waals surface area contributed by atoms with Crippen LogP contribution in [0.4, 0.5) is 4.39 Å². The van der Waals surface area contributed by atoms with Crippen LogP contribution in [0.5, 0.6) is 11.5 Å². The van der Waals surface area contributed by atoms with Crippen LogP contribution >= 0.6 is 0 Å². The standard InChI is InChI=1S/C23H20O5.C15H12FNO4/c24-22(14-23(25)26)19-11-20(27-15-17-7-3-1-4-8-17)13-21(12-19)28-16-18-9-5-2-6-10-18;16-11-5-3-10(4-6-11)9-17-7-1-2-12(17)13(18)8-14(19)15(20)21/h1-13H,14-16H2,(H,25,26);1-7H,8-9H2,(H,20,21). The van der Waals surface area contributed by atoms with Gasteiger partial charge >= 0.3 is 11.9 Å². The highest BCUT2D eigenvalue weighted by Crippen LogP contribution is 2.26. The molecule has 1 heterocycles. The van der Waals surface area contributed by atoms with Gasteiger partial charge in [0.25, 0.3) is 0 Å². The van der Waals surface area contributed by atoms with E-state index in [1.54, 1.807) is 47.2 Å². The zero-order chi connectivity index (χ0) is 35.2. The van der Waals surface area contributed by atoms with Crippen LogP contribution in [0.1, 0.15) is 50.4 Å². The maximum Gasteiger partial charge on any atom is 0.372 e. The molecule has 2 N–H and O–H groups in total. The Balaban J connectivity index is 0.000000230. The van der Waals surface area contributed by atoms with Crippen molar-refractivity contribution in [1.82, 2.24) is 4.57 Å². The number of ether oxygens (including phenoxy) is 2. The number of carboxylic acids is 2. The van der Waals surface area contributed by atoms with Crippen molar-refractivity contribution < 1.29 is 48.0 Å². The van der Waals surface area contributed by atoms with Crippen molar-refractivity contribution in [2.24, 2.45) is 0 Å². The minimum Gasteiger partial charge on any atom is -0.489 e. The van der Waals surface area contributed by atoms with E-state index in [4.69, 9.17) is 19.7 Å². The van der Waals surface area contributed by atoms with Gasteiger partial charge in [-0.15, -0.1) is 0 Å². The third kappa shape index (κ3) is 11.4. The number of halogens is 1. The fourth-order valence-electron chi connectivity index (χ4n) is 4.52. The second kappa shape index (κ2) is 17.5. The van der Waals surface area contributed by atoms with Crippen molar-refractivity contribution in [3.8, 4) is 11.5 Å². The summed E-state index contributed by atoms with van der Waals surface area (Å²) in [7, 11) is 0. The molecule has 0 aliphatic carbocycles. The summed E-state index contributed by atoms with van der Waals surface area (Å²) in [5.74, 6) is -4.46. The minimum atomic E-state index is -1.63. The monoisotopic (exact) mass is 665 g/mol. The van der Waals surface area contributed by atoms with Gasteiger partial charge < -0.3 is 24.3 Å². The van der Waals surface area contributed by atoms with Crippen LogP contribution in [0.3, 0.4) is 0 Å². The lowest BCUT2D eigenvalue weighted by molar-refractivity contribution is -0.148. The van der Waals surface area contributed by atoms with Crippen LogP contribution in [0.2, 0.25) is 0 Å². The summed E-state index contributed by atoms with van der Waals surface area (Å²) >= 11 is 0. The van der Waals surface area contributed by atoms with Gasteiger partial charge in [-0.3, -0.25) is 19.2 Å². The van der Waals surface area contributed by atoms with E-state index >= 15 is 0 Å². The SMILES string of the molecule is O=C(O)C(=O)CC(=O)c1cccn1Cc1ccc(F)cc1.O=C(O)CC(=O)c1cc(OCc2ccccc2)cc(OCc2ccccc2)c1. The van der Waals surface area contributed by atoms with Gasteiger partial charge in [0.2, 0.25) is 5.78 Å². The molecule has 0 aliphatic rings. The van der Waals surface area contributed by atoms with Crippen LogP contribution < -0.4 is 9.47 Å². The number of hydrogen-bond donors (Lipinski definition) is 2. The third-order valence-corrected chi connectivity index (χ3v) is 6.95. The zero-order valence-electron chi connectivity index (χ0n) is 26.2. The Morgan fingerprint density at radius 2 is 1.16 bits per heavy atom. The Hall–Kier alpha value is -6.36. The number of carbonyl (C=O) groups excluding carboxylic acids is 3. The number of Topliss-reactive ketones (excluding diaryl/α,β-unsaturated/α-hetero) is 3. The van der Waals surface area contributed by atoms with Crippen LogP contribution in [-0.2, 0) is 34.1 Å². The van der Waals surface area contributed by atoms with Crippen LogP contribution in [0, 0.1) is 5.82 Å². The Morgan fingerprint density at radius 3 is 1.67 bits per heavy atom. The lowest BCUT2D eigenvalue weighted by Gasteiger charge is -2.12. The molecular weight excluding hydrogens is 633 g/mol. The lowest BCUT2D eigenvalue weighted by Crippen LogP contribution is -2.19. The fourth-order valence-corrected chi connectivity index (χ4v) is 4.52. The molecule has 49 heavy (non-hydrogen) atoms. The normalized spacial score (nSPS) is 10.3. The summed E-state index contributed by atoms with van der Waals surface area (Å²) in [4.78, 5) is 56.6. The molecule has 0 saturated heterocycles. The van der Waals surface area contributed by atoms with Gasteiger partial charge in [-0.05, 0) is 53.1 Å². The highest BCUT2D eigenvalue weighted by atomic mass is 19.1. The number of carboxylic acid groups (broad SMARTS) is 2. The molecule has 0 fully saturated rings. The number of aromatic nitrogens is 1. The van der Waals surface area contributed by atoms with Crippen molar-refractivity contribution in [2.75, 3.05) is 0 Å². The largest absolute Gasteiger partial charge is 0.489 e. The molecule has 10 nitrogen and oxygen atoms in total. The molecular formula is C38H32FNO9. The quantitative estimate of drug-likeness (QED) is 0.0736. The molecule has 0 unspecified atom stereocenters. The number of ketones is 3. The molecule has 0 bridgehead atoms. The molecule has 0 aliphatic heterocycles. The van der Waals surface area contributed by atoms with Crippen LogP contribution in [-0.4, -0.2) is 44.1 Å². The van der Waals surface area contributed by atoms with E-state index in [0.717, 1.165) is 16.7 Å². The molecule has 0 saturated carbocycles. The van der Waals surface area contributed by atoms with Crippen LogP contribution in [0.25, 0.3) is 0 Å². The zero-order valence-corrected chi connectivity index (χ0v) is 26.2. The Morgan fingerprint density at radius 1 is 0.612 bits per heavy atom. The predicted octanol–water partition coefficient (Wildman–Crippen LogP) is 6.40. The van der Waals surface area contributed by atoms with Crippen molar-refractivity contribution in [3.63, 3.8) is 0 Å². The first-order valence-corrected chi connectivity index (χ1v) is 15.0. The van der Waals surface area contributed by atoms with Gasteiger partial charge in [-0.2, -0.15) is 0 Å². The number of hydrogen-bond acceptors (Lipinski definition) is 7. The predicted molar refractivity (Wildman–Crippen MR) is 176 cm³/mol. The fraction of sp³-hybridized carbons (Fsp3) is 0.132. The summed E-state index contributed by atoms with van der Waals surface area (Å²) in [6, 6.07) is 33.0. The Bertz CT molecular complexity index is 1840. The van der Waals surface area contributed by atoms with Gasteiger partial charge in [0.15, 0.2) is 11.6 Å². The minimum absolute atomic E-state index is 0.244. The lowest BCUT2D eigenvalue weighted by atomic mass is 10.1.